The van der Waals surface area contributed by atoms with Gasteiger partial charge < -0.3 is 20.6 Å². The highest BCUT2D eigenvalue weighted by Gasteiger charge is 2.73. The van der Waals surface area contributed by atoms with Crippen molar-refractivity contribution < 1.29 is 19.5 Å². The third-order valence-corrected chi connectivity index (χ3v) is 10.1. The minimum atomic E-state index is -0.478. The van der Waals surface area contributed by atoms with Crippen LogP contribution in [0.2, 0.25) is 0 Å². The highest BCUT2D eigenvalue weighted by atomic mass is 32.2. The standard InChI is InChI=1S/C25H41N3O4S/c1-2-14-26-22(30)19-18-12-13-25(33-18)20(19)24(32)28(15-8-3-4-9-16-29)21(25)23(31)27-17-10-6-5-7-11-17/h17-21,29H,2-16H2,1H3,(H,26,30)(H,27,31)/t18-,19+,20-,21?,25?/m0/s1. The van der Waals surface area contributed by atoms with E-state index >= 15 is 0 Å². The summed E-state index contributed by atoms with van der Waals surface area (Å²) in [6.45, 7) is 3.40. The van der Waals surface area contributed by atoms with E-state index in [0.29, 0.717) is 13.1 Å². The lowest BCUT2D eigenvalue weighted by Crippen LogP contribution is -2.55. The summed E-state index contributed by atoms with van der Waals surface area (Å²) in [5, 5.41) is 15.5. The van der Waals surface area contributed by atoms with Crippen molar-refractivity contribution in [3.8, 4) is 0 Å². The van der Waals surface area contributed by atoms with Crippen LogP contribution in [0.3, 0.4) is 0 Å². The predicted octanol–water partition coefficient (Wildman–Crippen LogP) is 2.61. The van der Waals surface area contributed by atoms with Crippen molar-refractivity contribution in [1.29, 1.82) is 0 Å². The van der Waals surface area contributed by atoms with Gasteiger partial charge in [0.05, 0.1) is 16.6 Å². The Balaban J connectivity index is 1.55. The van der Waals surface area contributed by atoms with Crippen molar-refractivity contribution in [2.45, 2.75) is 106 Å². The van der Waals surface area contributed by atoms with Crippen molar-refractivity contribution in [2.75, 3.05) is 19.7 Å². The average Bonchev–Trinajstić information content (AvgIpc) is 3.45. The predicted molar refractivity (Wildman–Crippen MR) is 130 cm³/mol. The van der Waals surface area contributed by atoms with Crippen LogP contribution in [0.4, 0.5) is 0 Å². The molecular formula is C25H41N3O4S. The molecule has 5 atom stereocenters. The van der Waals surface area contributed by atoms with Crippen LogP contribution < -0.4 is 10.6 Å². The Hall–Kier alpha value is -1.28. The molecule has 1 aliphatic carbocycles. The first kappa shape index (κ1) is 24.8. The van der Waals surface area contributed by atoms with E-state index in [2.05, 4.69) is 10.6 Å². The summed E-state index contributed by atoms with van der Waals surface area (Å²) in [5.41, 5.74) is 0. The molecule has 0 aromatic heterocycles. The first-order chi connectivity index (χ1) is 16.0. The van der Waals surface area contributed by atoms with Gasteiger partial charge in [-0.1, -0.05) is 39.0 Å². The smallest absolute Gasteiger partial charge is 0.244 e. The first-order valence-corrected chi connectivity index (χ1v) is 14.1. The maximum absolute atomic E-state index is 13.8. The largest absolute Gasteiger partial charge is 0.396 e. The molecule has 8 heteroatoms. The molecule has 0 aromatic carbocycles. The Morgan fingerprint density at radius 2 is 1.85 bits per heavy atom. The van der Waals surface area contributed by atoms with Gasteiger partial charge in [0.2, 0.25) is 17.7 Å². The maximum atomic E-state index is 13.8. The summed E-state index contributed by atoms with van der Waals surface area (Å²) in [6, 6.07) is -0.274. The van der Waals surface area contributed by atoms with E-state index < -0.39 is 16.7 Å². The molecule has 0 aromatic rings. The highest BCUT2D eigenvalue weighted by Crippen LogP contribution is 2.66. The molecule has 33 heavy (non-hydrogen) atoms. The number of carbonyl (C=O) groups excluding carboxylic acids is 3. The van der Waals surface area contributed by atoms with E-state index in [1.54, 1.807) is 11.8 Å². The Morgan fingerprint density at radius 1 is 1.09 bits per heavy atom. The molecule has 3 aliphatic heterocycles. The fraction of sp³-hybridized carbons (Fsp3) is 0.880. The summed E-state index contributed by atoms with van der Waals surface area (Å²) in [7, 11) is 0. The quantitative estimate of drug-likeness (QED) is 0.396. The molecule has 3 heterocycles. The van der Waals surface area contributed by atoms with Gasteiger partial charge in [-0.15, -0.1) is 11.8 Å². The molecule has 2 unspecified atom stereocenters. The molecule has 7 nitrogen and oxygen atoms in total. The van der Waals surface area contributed by atoms with E-state index in [1.807, 2.05) is 11.8 Å². The van der Waals surface area contributed by atoms with Crippen molar-refractivity contribution in [2.24, 2.45) is 11.8 Å². The molecule has 4 aliphatic rings. The first-order valence-electron chi connectivity index (χ1n) is 13.2. The molecule has 1 saturated carbocycles. The zero-order valence-electron chi connectivity index (χ0n) is 20.0. The van der Waals surface area contributed by atoms with Crippen molar-refractivity contribution in [3.63, 3.8) is 0 Å². The van der Waals surface area contributed by atoms with Gasteiger partial charge in [0.25, 0.3) is 0 Å². The van der Waals surface area contributed by atoms with Gasteiger partial charge in [0.15, 0.2) is 0 Å². The molecule has 3 saturated heterocycles. The van der Waals surface area contributed by atoms with Crippen LogP contribution in [0.1, 0.15) is 84.0 Å². The minimum absolute atomic E-state index is 0.00382. The van der Waals surface area contributed by atoms with Crippen molar-refractivity contribution >= 4 is 29.5 Å². The number of fused-ring (bicyclic) bond motifs is 1. The number of amides is 3. The van der Waals surface area contributed by atoms with E-state index in [0.717, 1.165) is 70.6 Å². The number of thioether (sulfide) groups is 1. The number of unbranched alkanes of at least 4 members (excludes halogenated alkanes) is 3. The topological polar surface area (TPSA) is 98.7 Å². The van der Waals surface area contributed by atoms with Crippen LogP contribution in [0, 0.1) is 11.8 Å². The number of likely N-dealkylation sites (tertiary alicyclic amines) is 1. The second kappa shape index (κ2) is 11.0. The molecule has 1 spiro atoms. The molecule has 3 amide bonds. The van der Waals surface area contributed by atoms with Crippen LogP contribution in [0.25, 0.3) is 0 Å². The van der Waals surface area contributed by atoms with E-state index in [9.17, 15) is 14.4 Å². The third-order valence-electron chi connectivity index (χ3n) is 8.16. The zero-order chi connectivity index (χ0) is 23.4. The number of nitrogens with one attached hydrogen (secondary N) is 2. The molecule has 186 valence electrons. The minimum Gasteiger partial charge on any atom is -0.396 e. The van der Waals surface area contributed by atoms with Gasteiger partial charge in [-0.25, -0.2) is 0 Å². The molecule has 3 N–H and O–H groups in total. The van der Waals surface area contributed by atoms with Gasteiger partial charge in [-0.05, 0) is 44.9 Å². The normalized spacial score (nSPS) is 33.4. The van der Waals surface area contributed by atoms with E-state index in [-0.39, 0.29) is 41.5 Å². The number of rotatable bonds is 11. The monoisotopic (exact) mass is 479 g/mol. The lowest BCUT2D eigenvalue weighted by Gasteiger charge is -2.35. The van der Waals surface area contributed by atoms with Crippen molar-refractivity contribution in [1.82, 2.24) is 15.5 Å². The van der Waals surface area contributed by atoms with Crippen LogP contribution in [0.5, 0.6) is 0 Å². The van der Waals surface area contributed by atoms with E-state index in [4.69, 9.17) is 5.11 Å². The van der Waals surface area contributed by atoms with Crippen LogP contribution >= 0.6 is 11.8 Å². The second-order valence-corrected chi connectivity index (χ2v) is 12.0. The number of hydrogen-bond donors (Lipinski definition) is 3. The maximum Gasteiger partial charge on any atom is 0.244 e. The SMILES string of the molecule is CCCNC(=O)[C@@H]1[C@@H]2CCC3(S2)C(C(=O)NC2CCCCC2)N(CCCCCCO)C(=O)[C@H]13. The number of aliphatic hydroxyl groups is 1. The Bertz CT molecular complexity index is 728. The lowest BCUT2D eigenvalue weighted by atomic mass is 9.70. The van der Waals surface area contributed by atoms with Gasteiger partial charge >= 0.3 is 0 Å². The summed E-state index contributed by atoms with van der Waals surface area (Å²) < 4.78 is -0.472. The summed E-state index contributed by atoms with van der Waals surface area (Å²) in [4.78, 5) is 42.4. The number of carbonyl (C=O) groups is 3. The van der Waals surface area contributed by atoms with Crippen LogP contribution in [-0.2, 0) is 14.4 Å². The Labute approximate surface area is 202 Å². The number of aliphatic hydroxyl groups excluding tert-OH is 1. The van der Waals surface area contributed by atoms with Crippen molar-refractivity contribution in [3.05, 3.63) is 0 Å². The average molecular weight is 480 g/mol. The van der Waals surface area contributed by atoms with Gasteiger partial charge in [-0.3, -0.25) is 14.4 Å². The molecule has 2 bridgehead atoms. The third kappa shape index (κ3) is 4.79. The molecule has 0 radical (unpaired) electrons. The summed E-state index contributed by atoms with van der Waals surface area (Å²) >= 11 is 1.76. The molecular weight excluding hydrogens is 438 g/mol. The van der Waals surface area contributed by atoms with E-state index in [1.165, 1.54) is 6.42 Å². The summed E-state index contributed by atoms with van der Waals surface area (Å²) in [6.07, 6.45) is 11.6. The fourth-order valence-electron chi connectivity index (χ4n) is 6.63. The molecule has 4 rings (SSSR count). The fourth-order valence-corrected chi connectivity index (χ4v) is 8.85. The van der Waals surface area contributed by atoms with Gasteiger partial charge in [0, 0.05) is 31.0 Å². The lowest BCUT2D eigenvalue weighted by molar-refractivity contribution is -0.140. The van der Waals surface area contributed by atoms with Crippen LogP contribution in [-0.4, -0.2) is 69.5 Å². The summed E-state index contributed by atoms with van der Waals surface area (Å²) in [5.74, 6) is -0.724. The second-order valence-electron chi connectivity index (χ2n) is 10.4. The number of hydrogen-bond acceptors (Lipinski definition) is 5. The molecule has 4 fully saturated rings. The number of nitrogens with zero attached hydrogens (tertiary/aromatic N) is 1. The Morgan fingerprint density at radius 3 is 2.58 bits per heavy atom. The van der Waals surface area contributed by atoms with Gasteiger partial charge in [0.1, 0.15) is 6.04 Å². The Kier molecular flexibility index (Phi) is 8.26. The highest BCUT2D eigenvalue weighted by molar-refractivity contribution is 8.02. The zero-order valence-corrected chi connectivity index (χ0v) is 20.8. The van der Waals surface area contributed by atoms with Crippen LogP contribution in [0.15, 0.2) is 0 Å². The van der Waals surface area contributed by atoms with Gasteiger partial charge in [-0.2, -0.15) is 0 Å².